The van der Waals surface area contributed by atoms with Crippen LogP contribution in [-0.2, 0) is 19.6 Å². The van der Waals surface area contributed by atoms with Crippen LogP contribution in [0.15, 0.2) is 24.3 Å². The number of alkyl halides is 5. The van der Waals surface area contributed by atoms with Crippen molar-refractivity contribution in [3.63, 3.8) is 0 Å². The Kier molecular flexibility index (Phi) is 7.17. The first-order valence-corrected chi connectivity index (χ1v) is 8.93. The van der Waals surface area contributed by atoms with Crippen LogP contribution in [0.25, 0.3) is 0 Å². The summed E-state index contributed by atoms with van der Waals surface area (Å²) < 4.78 is 104. The summed E-state index contributed by atoms with van der Waals surface area (Å²) in [5, 5.41) is -5.89. The molecule has 0 saturated heterocycles. The van der Waals surface area contributed by atoms with Crippen molar-refractivity contribution < 1.29 is 49.2 Å². The molecule has 6 nitrogen and oxygen atoms in total. The Hall–Kier alpha value is -1.95. The summed E-state index contributed by atoms with van der Waals surface area (Å²) in [6, 6.07) is 6.11. The number of benzene rings is 1. The van der Waals surface area contributed by atoms with Gasteiger partial charge >= 0.3 is 17.4 Å². The first kappa shape index (κ1) is 23.1. The molecule has 154 valence electrons. The largest absolute Gasteiger partial charge is 0.743 e. The van der Waals surface area contributed by atoms with Crippen LogP contribution in [0.5, 0.6) is 5.75 Å². The minimum atomic E-state index is -6.73. The minimum Gasteiger partial charge on any atom is -0.743 e. The highest BCUT2D eigenvalue weighted by atomic mass is 32.2. The molecule has 2 unspecified atom stereocenters. The molecule has 0 aliphatic rings. The number of esters is 1. The highest BCUT2D eigenvalue weighted by Crippen LogP contribution is 2.38. The second-order valence-electron chi connectivity index (χ2n) is 5.59. The summed E-state index contributed by atoms with van der Waals surface area (Å²) in [4.78, 5) is 11.4. The molecule has 0 aliphatic carbocycles. The van der Waals surface area contributed by atoms with Crippen molar-refractivity contribution in [3.05, 3.63) is 29.8 Å². The third-order valence-corrected chi connectivity index (χ3v) is 4.48. The van der Waals surface area contributed by atoms with E-state index in [-0.39, 0.29) is 11.7 Å². The Morgan fingerprint density at radius 3 is 2.07 bits per heavy atom. The Balaban J connectivity index is 2.81. The fourth-order valence-electron chi connectivity index (χ4n) is 1.89. The molecular formula is C15H16F5O6S-. The maximum Gasteiger partial charge on any atom is 0.432 e. The molecule has 0 aromatic heterocycles. The first-order valence-electron chi connectivity index (χ1n) is 7.52. The highest BCUT2D eigenvalue weighted by molar-refractivity contribution is 7.86. The zero-order valence-corrected chi connectivity index (χ0v) is 14.9. The fraction of sp³-hybridized carbons (Fsp3) is 0.533. The smallest absolute Gasteiger partial charge is 0.432 e. The standard InChI is InChI=1S/C15H17F5O6S/c1-3-9(2)10-4-6-11(7-5-10)25-8-12(21)26-13(14(16,17)18)15(19,20)27(22,23)24/h4-7,9,13H,3,8H2,1-2H3,(H,22,23,24)/p-1. The molecule has 2 atom stereocenters. The van der Waals surface area contributed by atoms with Gasteiger partial charge in [-0.1, -0.05) is 26.0 Å². The van der Waals surface area contributed by atoms with Gasteiger partial charge in [-0.25, -0.2) is 13.2 Å². The van der Waals surface area contributed by atoms with E-state index >= 15 is 0 Å². The van der Waals surface area contributed by atoms with E-state index in [0.29, 0.717) is 0 Å². The summed E-state index contributed by atoms with van der Waals surface area (Å²) in [5.41, 5.74) is 0.935. The maximum absolute atomic E-state index is 13.2. The molecule has 27 heavy (non-hydrogen) atoms. The molecule has 1 aromatic rings. The number of rotatable bonds is 8. The van der Waals surface area contributed by atoms with Gasteiger partial charge < -0.3 is 14.0 Å². The number of hydrogen-bond acceptors (Lipinski definition) is 6. The molecule has 0 bridgehead atoms. The topological polar surface area (TPSA) is 92.7 Å². The van der Waals surface area contributed by atoms with E-state index in [1.165, 1.54) is 12.1 Å². The van der Waals surface area contributed by atoms with Crippen molar-refractivity contribution >= 4 is 16.1 Å². The Labute approximate surface area is 152 Å². The lowest BCUT2D eigenvalue weighted by molar-refractivity contribution is -0.259. The van der Waals surface area contributed by atoms with Gasteiger partial charge in [-0.2, -0.15) is 22.0 Å². The lowest BCUT2D eigenvalue weighted by Crippen LogP contribution is -2.52. The minimum absolute atomic E-state index is 0.0470. The predicted octanol–water partition coefficient (Wildman–Crippen LogP) is 3.19. The number of hydrogen-bond donors (Lipinski definition) is 0. The van der Waals surface area contributed by atoms with Crippen molar-refractivity contribution in [1.29, 1.82) is 0 Å². The molecule has 12 heteroatoms. The van der Waals surface area contributed by atoms with Gasteiger partial charge in [0.25, 0.3) is 6.10 Å². The van der Waals surface area contributed by atoms with Gasteiger partial charge in [0.1, 0.15) is 5.75 Å². The maximum atomic E-state index is 13.2. The Morgan fingerprint density at radius 1 is 1.15 bits per heavy atom. The van der Waals surface area contributed by atoms with Crippen LogP contribution in [-0.4, -0.2) is 43.1 Å². The summed E-state index contributed by atoms with van der Waals surface area (Å²) in [6.07, 6.45) is -9.59. The highest BCUT2D eigenvalue weighted by Gasteiger charge is 2.62. The van der Waals surface area contributed by atoms with Crippen LogP contribution in [0, 0.1) is 0 Å². The van der Waals surface area contributed by atoms with Gasteiger partial charge in [0.15, 0.2) is 16.7 Å². The normalized spacial score (nSPS) is 15.1. The lowest BCUT2D eigenvalue weighted by Gasteiger charge is -2.29. The molecule has 1 rings (SSSR count). The average molecular weight is 419 g/mol. The van der Waals surface area contributed by atoms with Crippen LogP contribution in [0.3, 0.4) is 0 Å². The van der Waals surface area contributed by atoms with Gasteiger partial charge in [-0.05, 0) is 30.0 Å². The van der Waals surface area contributed by atoms with E-state index < -0.39 is 40.2 Å². The molecule has 0 heterocycles. The zero-order valence-electron chi connectivity index (χ0n) is 14.1. The lowest BCUT2D eigenvalue weighted by atomic mass is 9.99. The van der Waals surface area contributed by atoms with Crippen LogP contribution in [0.4, 0.5) is 22.0 Å². The third kappa shape index (κ3) is 6.03. The van der Waals surface area contributed by atoms with E-state index in [1.807, 2.05) is 13.8 Å². The van der Waals surface area contributed by atoms with Gasteiger partial charge in [0.2, 0.25) is 0 Å². The van der Waals surface area contributed by atoms with Crippen LogP contribution in [0.2, 0.25) is 0 Å². The summed E-state index contributed by atoms with van der Waals surface area (Å²) >= 11 is 0. The molecular weight excluding hydrogens is 403 g/mol. The van der Waals surface area contributed by atoms with Crippen molar-refractivity contribution in [2.75, 3.05) is 6.61 Å². The number of carbonyl (C=O) groups excluding carboxylic acids is 1. The Bertz CT molecular complexity index is 745. The van der Waals surface area contributed by atoms with Gasteiger partial charge in [0.05, 0.1) is 0 Å². The summed E-state index contributed by atoms with van der Waals surface area (Å²) in [6.45, 7) is 2.71. The van der Waals surface area contributed by atoms with Crippen molar-refractivity contribution in [1.82, 2.24) is 0 Å². The van der Waals surface area contributed by atoms with Crippen LogP contribution < -0.4 is 4.74 Å². The van der Waals surface area contributed by atoms with Gasteiger partial charge in [-0.15, -0.1) is 0 Å². The molecule has 0 fully saturated rings. The van der Waals surface area contributed by atoms with E-state index in [0.717, 1.165) is 12.0 Å². The number of carbonyl (C=O) groups is 1. The number of ether oxygens (including phenoxy) is 2. The van der Waals surface area contributed by atoms with E-state index in [1.54, 1.807) is 12.1 Å². The molecule has 0 saturated carbocycles. The summed E-state index contributed by atoms with van der Waals surface area (Å²) in [7, 11) is -6.73. The molecule has 1 aromatic carbocycles. The average Bonchev–Trinajstić information content (AvgIpc) is 2.55. The van der Waals surface area contributed by atoms with Crippen molar-refractivity contribution in [2.45, 2.75) is 43.7 Å². The monoisotopic (exact) mass is 419 g/mol. The van der Waals surface area contributed by atoms with E-state index in [9.17, 15) is 39.7 Å². The quantitative estimate of drug-likeness (QED) is 0.365. The number of halogens is 5. The molecule has 0 radical (unpaired) electrons. The zero-order chi connectivity index (χ0) is 21.0. The van der Waals surface area contributed by atoms with E-state index in [2.05, 4.69) is 4.74 Å². The van der Waals surface area contributed by atoms with Gasteiger partial charge in [0, 0.05) is 0 Å². The van der Waals surface area contributed by atoms with Crippen LogP contribution in [0.1, 0.15) is 31.7 Å². The third-order valence-electron chi connectivity index (χ3n) is 3.60. The fourth-order valence-corrected chi connectivity index (χ4v) is 2.34. The van der Waals surface area contributed by atoms with Crippen molar-refractivity contribution in [3.8, 4) is 5.75 Å². The molecule has 0 N–H and O–H groups in total. The summed E-state index contributed by atoms with van der Waals surface area (Å²) in [5.74, 6) is -1.65. The second-order valence-corrected chi connectivity index (χ2v) is 7.05. The van der Waals surface area contributed by atoms with Crippen molar-refractivity contribution in [2.24, 2.45) is 0 Å². The van der Waals surface area contributed by atoms with E-state index in [4.69, 9.17) is 4.74 Å². The second kappa shape index (κ2) is 8.38. The molecule has 0 spiro atoms. The Morgan fingerprint density at radius 2 is 1.67 bits per heavy atom. The molecule has 0 amide bonds. The van der Waals surface area contributed by atoms with Crippen LogP contribution >= 0.6 is 0 Å². The molecule has 0 aliphatic heterocycles. The first-order chi connectivity index (χ1) is 12.2. The van der Waals surface area contributed by atoms with Gasteiger partial charge in [-0.3, -0.25) is 0 Å². The SMILES string of the molecule is CCC(C)c1ccc(OCC(=O)OC(C(F)(F)F)C(F)(F)S(=O)(=O)[O-])cc1. The predicted molar refractivity (Wildman–Crippen MR) is 81.2 cm³/mol.